The van der Waals surface area contributed by atoms with Crippen molar-refractivity contribution in [3.63, 3.8) is 0 Å². The number of hydrogen-bond acceptors (Lipinski definition) is 8. The van der Waals surface area contributed by atoms with Gasteiger partial charge in [-0.05, 0) is 49.2 Å². The Morgan fingerprint density at radius 1 is 0.676 bits per heavy atom. The molecule has 2 aromatic carbocycles. The molecule has 182 valence electrons. The molecule has 0 aliphatic heterocycles. The maximum atomic E-state index is 11.3. The van der Waals surface area contributed by atoms with Crippen molar-refractivity contribution >= 4 is 11.9 Å². The molecule has 0 aliphatic carbocycles. The normalized spacial score (nSPS) is 12.2. The number of esters is 2. The number of ether oxygens (including phenoxy) is 4. The summed E-state index contributed by atoms with van der Waals surface area (Å²) in [5, 5.41) is 19.7. The molecule has 0 saturated carbocycles. The van der Waals surface area contributed by atoms with Crippen LogP contribution in [-0.2, 0) is 19.1 Å². The van der Waals surface area contributed by atoms with Gasteiger partial charge < -0.3 is 29.2 Å². The van der Waals surface area contributed by atoms with Gasteiger partial charge >= 0.3 is 11.9 Å². The van der Waals surface area contributed by atoms with Crippen molar-refractivity contribution in [1.29, 1.82) is 0 Å². The fourth-order valence-electron chi connectivity index (χ4n) is 2.56. The van der Waals surface area contributed by atoms with Crippen LogP contribution in [0.15, 0.2) is 72.8 Å². The lowest BCUT2D eigenvalue weighted by atomic mass is 10.1. The summed E-state index contributed by atoms with van der Waals surface area (Å²) in [5.74, 6) is 0.0193. The van der Waals surface area contributed by atoms with Crippen LogP contribution in [0.5, 0.6) is 11.5 Å². The van der Waals surface area contributed by atoms with E-state index in [0.29, 0.717) is 11.5 Å². The molecule has 2 unspecified atom stereocenters. The van der Waals surface area contributed by atoms with Gasteiger partial charge in [-0.25, -0.2) is 9.59 Å². The number of aliphatic hydroxyl groups is 2. The maximum absolute atomic E-state index is 11.3. The molecule has 2 aromatic rings. The number of aliphatic hydroxyl groups excluding tert-OH is 2. The second kappa shape index (κ2) is 13.2. The Labute approximate surface area is 199 Å². The van der Waals surface area contributed by atoms with Gasteiger partial charge in [0.2, 0.25) is 0 Å². The zero-order valence-corrected chi connectivity index (χ0v) is 19.4. The Morgan fingerprint density at radius 3 is 1.29 bits per heavy atom. The molecule has 2 N–H and O–H groups in total. The average molecular weight is 471 g/mol. The van der Waals surface area contributed by atoms with E-state index in [4.69, 9.17) is 18.9 Å². The average Bonchev–Trinajstić information content (AvgIpc) is 2.83. The van der Waals surface area contributed by atoms with E-state index in [2.05, 4.69) is 13.2 Å². The monoisotopic (exact) mass is 470 g/mol. The molecule has 0 heterocycles. The van der Waals surface area contributed by atoms with E-state index in [-0.39, 0.29) is 37.6 Å². The van der Waals surface area contributed by atoms with Crippen LogP contribution < -0.4 is 9.47 Å². The Balaban J connectivity index is 1.79. The largest absolute Gasteiger partial charge is 0.491 e. The van der Waals surface area contributed by atoms with E-state index in [1.807, 2.05) is 24.3 Å². The molecule has 8 nitrogen and oxygen atoms in total. The molecule has 2 atom stereocenters. The fraction of sp³-hybridized carbons (Fsp3) is 0.308. The van der Waals surface area contributed by atoms with E-state index in [9.17, 15) is 19.8 Å². The SMILES string of the molecule is C=C(C)C(=O)OCC(O)COc1ccc(-c2ccc(OCC(O)COC(=O)C(=C)C)cc2)cc1. The summed E-state index contributed by atoms with van der Waals surface area (Å²) in [6.07, 6.45) is -1.90. The molecule has 8 heteroatoms. The van der Waals surface area contributed by atoms with Gasteiger partial charge in [0.15, 0.2) is 0 Å². The van der Waals surface area contributed by atoms with Gasteiger partial charge in [-0.2, -0.15) is 0 Å². The number of carbonyl (C=O) groups is 2. The second-order valence-corrected chi connectivity index (χ2v) is 7.74. The molecule has 0 aromatic heterocycles. The van der Waals surface area contributed by atoms with Crippen LogP contribution in [0.25, 0.3) is 11.1 Å². The first-order valence-corrected chi connectivity index (χ1v) is 10.6. The Morgan fingerprint density at radius 2 is 1.00 bits per heavy atom. The first-order valence-electron chi connectivity index (χ1n) is 10.6. The van der Waals surface area contributed by atoms with Crippen molar-refractivity contribution in [2.24, 2.45) is 0 Å². The van der Waals surface area contributed by atoms with Gasteiger partial charge in [0.1, 0.15) is 50.1 Å². The fourth-order valence-corrected chi connectivity index (χ4v) is 2.56. The smallest absolute Gasteiger partial charge is 0.333 e. The molecule has 34 heavy (non-hydrogen) atoms. The van der Waals surface area contributed by atoms with Gasteiger partial charge in [0.05, 0.1) is 0 Å². The molecule has 0 amide bonds. The third kappa shape index (κ3) is 9.09. The van der Waals surface area contributed by atoms with Gasteiger partial charge in [-0.15, -0.1) is 0 Å². The number of rotatable bonds is 13. The van der Waals surface area contributed by atoms with Crippen LogP contribution in [0, 0.1) is 0 Å². The highest BCUT2D eigenvalue weighted by Gasteiger charge is 2.12. The minimum Gasteiger partial charge on any atom is -0.491 e. The third-order valence-electron chi connectivity index (χ3n) is 4.44. The van der Waals surface area contributed by atoms with Crippen molar-refractivity contribution in [3.05, 3.63) is 72.8 Å². The summed E-state index contributed by atoms with van der Waals surface area (Å²) in [4.78, 5) is 22.7. The van der Waals surface area contributed by atoms with Gasteiger partial charge in [0.25, 0.3) is 0 Å². The van der Waals surface area contributed by atoms with Crippen LogP contribution >= 0.6 is 0 Å². The Kier molecular flexibility index (Phi) is 10.3. The molecule has 0 bridgehead atoms. The Bertz CT molecular complexity index is 897. The standard InChI is InChI=1S/C26H30O8/c1-17(2)25(29)33-15-21(27)13-31-23-9-5-19(6-10-23)20-7-11-24(12-8-20)32-14-22(28)16-34-26(30)18(3)4/h5-12,21-22,27-28H,1,3,13-16H2,2,4H3. The van der Waals surface area contributed by atoms with E-state index in [0.717, 1.165) is 11.1 Å². The number of benzene rings is 2. The van der Waals surface area contributed by atoms with Gasteiger partial charge in [0, 0.05) is 11.1 Å². The molecule has 0 spiro atoms. The molecule has 0 radical (unpaired) electrons. The molecule has 2 rings (SSSR count). The summed E-state index contributed by atoms with van der Waals surface area (Å²) < 4.78 is 20.8. The zero-order valence-electron chi connectivity index (χ0n) is 19.4. The van der Waals surface area contributed by atoms with E-state index >= 15 is 0 Å². The first-order chi connectivity index (χ1) is 16.2. The lowest BCUT2D eigenvalue weighted by Gasteiger charge is -2.14. The molecular weight excluding hydrogens is 440 g/mol. The highest BCUT2D eigenvalue weighted by molar-refractivity contribution is 5.87. The molecule has 0 saturated heterocycles. The summed E-state index contributed by atoms with van der Waals surface area (Å²) in [5.41, 5.74) is 2.42. The zero-order chi connectivity index (χ0) is 25.1. The van der Waals surface area contributed by atoms with Crippen molar-refractivity contribution in [2.75, 3.05) is 26.4 Å². The van der Waals surface area contributed by atoms with E-state index < -0.39 is 24.1 Å². The van der Waals surface area contributed by atoms with Crippen LogP contribution in [0.1, 0.15) is 13.8 Å². The third-order valence-corrected chi connectivity index (χ3v) is 4.44. The predicted octanol–water partition coefficient (Wildman–Crippen LogP) is 3.07. The summed E-state index contributed by atoms with van der Waals surface area (Å²) in [6.45, 7) is 9.63. The molecular formula is C26H30O8. The van der Waals surface area contributed by atoms with Crippen LogP contribution in [0.3, 0.4) is 0 Å². The topological polar surface area (TPSA) is 112 Å². The summed E-state index contributed by atoms with van der Waals surface area (Å²) in [7, 11) is 0. The van der Waals surface area contributed by atoms with Crippen molar-refractivity contribution in [3.8, 4) is 22.6 Å². The van der Waals surface area contributed by atoms with E-state index in [1.165, 1.54) is 13.8 Å². The summed E-state index contributed by atoms with van der Waals surface area (Å²) in [6, 6.07) is 14.6. The highest BCUT2D eigenvalue weighted by Crippen LogP contribution is 2.25. The minimum atomic E-state index is -0.952. The first kappa shape index (κ1) is 26.6. The second-order valence-electron chi connectivity index (χ2n) is 7.74. The number of carbonyl (C=O) groups excluding carboxylic acids is 2. The molecule has 0 aliphatic rings. The quantitative estimate of drug-likeness (QED) is 0.339. The lowest BCUT2D eigenvalue weighted by molar-refractivity contribution is -0.143. The van der Waals surface area contributed by atoms with Gasteiger partial charge in [-0.1, -0.05) is 37.4 Å². The van der Waals surface area contributed by atoms with Crippen LogP contribution in [0.4, 0.5) is 0 Å². The van der Waals surface area contributed by atoms with Crippen molar-refractivity contribution in [1.82, 2.24) is 0 Å². The van der Waals surface area contributed by atoms with Crippen molar-refractivity contribution in [2.45, 2.75) is 26.1 Å². The summed E-state index contributed by atoms with van der Waals surface area (Å²) >= 11 is 0. The maximum Gasteiger partial charge on any atom is 0.333 e. The predicted molar refractivity (Wildman–Crippen MR) is 126 cm³/mol. The highest BCUT2D eigenvalue weighted by atomic mass is 16.6. The van der Waals surface area contributed by atoms with E-state index in [1.54, 1.807) is 24.3 Å². The van der Waals surface area contributed by atoms with Crippen molar-refractivity contribution < 1.29 is 38.7 Å². The van der Waals surface area contributed by atoms with Crippen LogP contribution in [0.2, 0.25) is 0 Å². The van der Waals surface area contributed by atoms with Crippen LogP contribution in [-0.4, -0.2) is 60.8 Å². The molecule has 0 fully saturated rings. The minimum absolute atomic E-state index is 0.0207. The number of hydrogen-bond donors (Lipinski definition) is 2. The van der Waals surface area contributed by atoms with Gasteiger partial charge in [-0.3, -0.25) is 0 Å². The lowest BCUT2D eigenvalue weighted by Crippen LogP contribution is -2.25. The Hall–Kier alpha value is -3.62.